The molecule has 2 N–H and O–H groups in total. The van der Waals surface area contributed by atoms with E-state index in [-0.39, 0.29) is 23.6 Å². The molecule has 0 atom stereocenters. The molecular weight excluding hydrogens is 413 g/mol. The highest BCUT2D eigenvalue weighted by molar-refractivity contribution is 7.99. The summed E-state index contributed by atoms with van der Waals surface area (Å²) < 4.78 is 40.3. The van der Waals surface area contributed by atoms with Gasteiger partial charge in [0, 0.05) is 17.7 Å². The molecule has 9 heteroatoms. The fourth-order valence-corrected chi connectivity index (χ4v) is 4.85. The summed E-state index contributed by atoms with van der Waals surface area (Å²) in [6, 6.07) is 5.74. The van der Waals surface area contributed by atoms with Crippen molar-refractivity contribution in [3.63, 3.8) is 0 Å². The number of aromatic nitrogens is 3. The van der Waals surface area contributed by atoms with Crippen LogP contribution in [0.15, 0.2) is 29.1 Å². The third-order valence-corrected chi connectivity index (χ3v) is 6.35. The first-order valence-electron chi connectivity index (χ1n) is 9.72. The monoisotopic (exact) mass is 434 g/mol. The number of aromatic amines is 1. The molecule has 0 aliphatic carbocycles. The van der Waals surface area contributed by atoms with E-state index >= 15 is 0 Å². The highest BCUT2D eigenvalue weighted by Gasteiger charge is 2.21. The number of hydrogen-bond acceptors (Lipinski definition) is 5. The lowest BCUT2D eigenvalue weighted by Crippen LogP contribution is -2.20. The van der Waals surface area contributed by atoms with Crippen molar-refractivity contribution in [3.8, 4) is 0 Å². The Balaban J connectivity index is 1.70. The van der Waals surface area contributed by atoms with Crippen molar-refractivity contribution in [1.29, 1.82) is 0 Å². The number of halogens is 3. The van der Waals surface area contributed by atoms with Gasteiger partial charge >= 0.3 is 0 Å². The molecule has 0 unspecified atom stereocenters. The van der Waals surface area contributed by atoms with Gasteiger partial charge in [-0.15, -0.1) is 0 Å². The van der Waals surface area contributed by atoms with E-state index in [0.29, 0.717) is 28.2 Å². The first kappa shape index (κ1) is 20.7. The van der Waals surface area contributed by atoms with Gasteiger partial charge in [0.1, 0.15) is 23.1 Å². The molecule has 0 radical (unpaired) electrons. The number of hydrogen-bond donors (Lipinski definition) is 2. The van der Waals surface area contributed by atoms with E-state index < -0.39 is 17.8 Å². The van der Waals surface area contributed by atoms with Gasteiger partial charge in [-0.05, 0) is 43.3 Å². The number of benzene rings is 1. The van der Waals surface area contributed by atoms with Crippen molar-refractivity contribution < 1.29 is 13.2 Å². The van der Waals surface area contributed by atoms with Crippen molar-refractivity contribution in [2.24, 2.45) is 0 Å². The molecular formula is C21H21F3N4OS. The first-order valence-corrected chi connectivity index (χ1v) is 10.9. The smallest absolute Gasteiger partial charge is 0.266 e. The van der Waals surface area contributed by atoms with E-state index in [4.69, 9.17) is 0 Å². The summed E-state index contributed by atoms with van der Waals surface area (Å²) in [5, 5.41) is 3.66. The van der Waals surface area contributed by atoms with Crippen LogP contribution in [-0.2, 0) is 6.54 Å². The number of aryl methyl sites for hydroxylation is 1. The lowest BCUT2D eigenvalue weighted by molar-refractivity contribution is 0.146. The molecule has 158 valence electrons. The van der Waals surface area contributed by atoms with E-state index in [0.717, 1.165) is 30.4 Å². The fraction of sp³-hybridized carbons (Fsp3) is 0.381. The lowest BCUT2D eigenvalue weighted by atomic mass is 9.94. The third kappa shape index (κ3) is 4.16. The van der Waals surface area contributed by atoms with E-state index in [1.807, 2.05) is 17.8 Å². The quantitative estimate of drug-likeness (QED) is 0.596. The Morgan fingerprint density at radius 2 is 2.03 bits per heavy atom. The van der Waals surface area contributed by atoms with Crippen LogP contribution in [0.25, 0.3) is 11.0 Å². The van der Waals surface area contributed by atoms with Crippen LogP contribution in [0.4, 0.5) is 19.0 Å². The Hall–Kier alpha value is -2.55. The van der Waals surface area contributed by atoms with Crippen LogP contribution in [0.2, 0.25) is 0 Å². The first-order chi connectivity index (χ1) is 14.4. The lowest BCUT2D eigenvalue weighted by Gasteiger charge is -2.21. The van der Waals surface area contributed by atoms with Gasteiger partial charge in [-0.1, -0.05) is 18.2 Å². The van der Waals surface area contributed by atoms with Crippen LogP contribution in [0.1, 0.15) is 47.7 Å². The fourth-order valence-electron chi connectivity index (χ4n) is 3.74. The van der Waals surface area contributed by atoms with Gasteiger partial charge in [-0.3, -0.25) is 4.79 Å². The molecule has 0 amide bonds. The number of rotatable bonds is 5. The summed E-state index contributed by atoms with van der Waals surface area (Å²) >= 11 is 1.88. The van der Waals surface area contributed by atoms with Crippen molar-refractivity contribution in [2.75, 3.05) is 16.8 Å². The number of H-pyrrole nitrogens is 1. The number of fused-ring (bicyclic) bond motifs is 1. The molecule has 4 rings (SSSR count). The van der Waals surface area contributed by atoms with Crippen molar-refractivity contribution in [2.45, 2.75) is 38.7 Å². The van der Waals surface area contributed by atoms with Crippen LogP contribution in [-0.4, -0.2) is 26.5 Å². The second-order valence-electron chi connectivity index (χ2n) is 7.30. The van der Waals surface area contributed by atoms with Crippen molar-refractivity contribution >= 4 is 28.6 Å². The van der Waals surface area contributed by atoms with Crippen molar-refractivity contribution in [1.82, 2.24) is 15.0 Å². The maximum Gasteiger partial charge on any atom is 0.266 e. The molecule has 30 heavy (non-hydrogen) atoms. The van der Waals surface area contributed by atoms with Crippen LogP contribution >= 0.6 is 11.8 Å². The van der Waals surface area contributed by atoms with E-state index in [1.54, 1.807) is 6.92 Å². The minimum Gasteiger partial charge on any atom is -0.365 e. The highest BCUT2D eigenvalue weighted by Crippen LogP contribution is 2.32. The standard InChI is InChI=1S/C21H21F3N4OS/c1-11-26-19(25-10-13-3-2-4-14(17(13)22)18(23)24)16-9-15(12-5-7-30-8-6-12)21(29)28-20(16)27-11/h2-4,9,12,18H,5-8,10H2,1H3,(H2,25,26,27,28,29). The molecule has 1 fully saturated rings. The molecule has 5 nitrogen and oxygen atoms in total. The van der Waals surface area contributed by atoms with Crippen molar-refractivity contribution in [3.05, 3.63) is 63.0 Å². The Morgan fingerprint density at radius 3 is 2.77 bits per heavy atom. The molecule has 3 aromatic rings. The van der Waals surface area contributed by atoms with Gasteiger partial charge in [-0.2, -0.15) is 11.8 Å². The minimum absolute atomic E-state index is 0.0214. The Bertz CT molecular complexity index is 1130. The average Bonchev–Trinajstić information content (AvgIpc) is 2.72. The second-order valence-corrected chi connectivity index (χ2v) is 8.52. The molecule has 0 saturated carbocycles. The zero-order valence-electron chi connectivity index (χ0n) is 16.3. The minimum atomic E-state index is -2.88. The normalized spacial score (nSPS) is 15.1. The number of nitrogens with zero attached hydrogens (tertiary/aromatic N) is 2. The maximum absolute atomic E-state index is 14.4. The van der Waals surface area contributed by atoms with E-state index in [1.165, 1.54) is 12.1 Å². The predicted molar refractivity (Wildman–Crippen MR) is 113 cm³/mol. The topological polar surface area (TPSA) is 70.7 Å². The van der Waals surface area contributed by atoms with Crippen LogP contribution < -0.4 is 10.9 Å². The summed E-state index contributed by atoms with van der Waals surface area (Å²) in [5.41, 5.74) is 0.431. The van der Waals surface area contributed by atoms with Gasteiger partial charge in [0.25, 0.3) is 12.0 Å². The number of pyridine rings is 1. The molecule has 1 saturated heterocycles. The van der Waals surface area contributed by atoms with Gasteiger partial charge in [0.2, 0.25) is 0 Å². The molecule has 1 aliphatic rings. The molecule has 3 heterocycles. The summed E-state index contributed by atoms with van der Waals surface area (Å²) in [6.07, 6.45) is -1.02. The summed E-state index contributed by atoms with van der Waals surface area (Å²) in [5.74, 6) is 2.14. The maximum atomic E-state index is 14.4. The number of anilines is 1. The zero-order valence-corrected chi connectivity index (χ0v) is 17.2. The number of alkyl halides is 2. The predicted octanol–water partition coefficient (Wildman–Crippen LogP) is 4.93. The van der Waals surface area contributed by atoms with E-state index in [9.17, 15) is 18.0 Å². The number of thioether (sulfide) groups is 1. The van der Waals surface area contributed by atoms with Crippen LogP contribution in [0.3, 0.4) is 0 Å². The van der Waals surface area contributed by atoms with Gasteiger partial charge in [-0.25, -0.2) is 23.1 Å². The second kappa shape index (κ2) is 8.67. The van der Waals surface area contributed by atoms with E-state index in [2.05, 4.69) is 20.3 Å². The summed E-state index contributed by atoms with van der Waals surface area (Å²) in [6.45, 7) is 1.67. The Morgan fingerprint density at radius 1 is 1.27 bits per heavy atom. The number of nitrogens with one attached hydrogen (secondary N) is 2. The molecule has 1 aromatic carbocycles. The summed E-state index contributed by atoms with van der Waals surface area (Å²) in [7, 11) is 0. The van der Waals surface area contributed by atoms with Crippen LogP contribution in [0, 0.1) is 12.7 Å². The third-order valence-electron chi connectivity index (χ3n) is 5.30. The van der Waals surface area contributed by atoms with Gasteiger partial charge in [0.15, 0.2) is 0 Å². The average molecular weight is 434 g/mol. The molecule has 0 bridgehead atoms. The highest BCUT2D eigenvalue weighted by atomic mass is 32.2. The SMILES string of the molecule is Cc1nc(NCc2cccc(C(F)F)c2F)c2cc(C3CCSCC3)c(=O)[nH]c2n1. The zero-order chi connectivity index (χ0) is 21.3. The Labute approximate surface area is 175 Å². The Kier molecular flexibility index (Phi) is 5.99. The summed E-state index contributed by atoms with van der Waals surface area (Å²) in [4.78, 5) is 24.2. The van der Waals surface area contributed by atoms with Crippen LogP contribution in [0.5, 0.6) is 0 Å². The largest absolute Gasteiger partial charge is 0.365 e. The molecule has 2 aromatic heterocycles. The van der Waals surface area contributed by atoms with Gasteiger partial charge < -0.3 is 10.3 Å². The molecule has 1 aliphatic heterocycles. The molecule has 0 spiro atoms. The van der Waals surface area contributed by atoms with Gasteiger partial charge in [0.05, 0.1) is 10.9 Å².